The van der Waals surface area contributed by atoms with Crippen LogP contribution in [0.5, 0.6) is 0 Å². The van der Waals surface area contributed by atoms with Crippen molar-refractivity contribution in [1.29, 1.82) is 0 Å². The van der Waals surface area contributed by atoms with Crippen molar-refractivity contribution in [3.8, 4) is 0 Å². The molecule has 3 unspecified atom stereocenters. The highest BCUT2D eigenvalue weighted by molar-refractivity contribution is 5.94. The molecule has 1 saturated carbocycles. The van der Waals surface area contributed by atoms with E-state index in [-0.39, 0.29) is 5.91 Å². The number of amides is 1. The largest absolute Gasteiger partial charge is 0.349 e. The minimum absolute atomic E-state index is 0.0698. The van der Waals surface area contributed by atoms with Gasteiger partial charge in [-0.2, -0.15) is 0 Å². The number of pyridine rings is 1. The van der Waals surface area contributed by atoms with Crippen LogP contribution >= 0.6 is 0 Å². The van der Waals surface area contributed by atoms with Crippen molar-refractivity contribution in [1.82, 2.24) is 10.3 Å². The van der Waals surface area contributed by atoms with Crippen LogP contribution in [-0.4, -0.2) is 16.9 Å². The number of aryl methyl sites for hydroxylation is 2. The molecular formula is C19H30N2O. The van der Waals surface area contributed by atoms with E-state index in [0.29, 0.717) is 17.9 Å². The van der Waals surface area contributed by atoms with Crippen LogP contribution in [0.1, 0.15) is 75.1 Å². The Kier molecular flexibility index (Phi) is 5.98. The molecule has 122 valence electrons. The van der Waals surface area contributed by atoms with Gasteiger partial charge in [-0.3, -0.25) is 9.78 Å². The predicted octanol–water partition coefficient (Wildman–Crippen LogP) is 4.15. The Morgan fingerprint density at radius 3 is 2.64 bits per heavy atom. The molecule has 1 amide bonds. The molecule has 1 heterocycles. The fourth-order valence-electron chi connectivity index (χ4n) is 3.38. The maximum absolute atomic E-state index is 12.7. The van der Waals surface area contributed by atoms with Crippen LogP contribution in [0, 0.1) is 11.8 Å². The van der Waals surface area contributed by atoms with Crippen molar-refractivity contribution >= 4 is 5.91 Å². The van der Waals surface area contributed by atoms with Gasteiger partial charge < -0.3 is 5.32 Å². The average molecular weight is 302 g/mol. The van der Waals surface area contributed by atoms with Gasteiger partial charge in [0.1, 0.15) is 0 Å². The van der Waals surface area contributed by atoms with Gasteiger partial charge in [-0.15, -0.1) is 0 Å². The molecular weight excluding hydrogens is 272 g/mol. The summed E-state index contributed by atoms with van der Waals surface area (Å²) in [6, 6.07) is 4.23. The number of rotatable bonds is 5. The van der Waals surface area contributed by atoms with Gasteiger partial charge in [-0.1, -0.05) is 47.0 Å². The molecule has 1 aliphatic rings. The lowest BCUT2D eigenvalue weighted by atomic mass is 9.78. The molecule has 3 atom stereocenters. The zero-order valence-corrected chi connectivity index (χ0v) is 14.5. The second kappa shape index (κ2) is 7.75. The smallest absolute Gasteiger partial charge is 0.251 e. The minimum atomic E-state index is 0.0698. The van der Waals surface area contributed by atoms with E-state index < -0.39 is 0 Å². The molecule has 1 aliphatic carbocycles. The second-order valence-corrected chi connectivity index (χ2v) is 6.79. The molecule has 2 rings (SSSR count). The standard InChI is InChI=1S/C19H30N2O/c1-5-8-17-12-15(11-16(6-2)20-17)19(22)21-18-10-7-9-13(3)14(18)4/h11-14,18H,5-10H2,1-4H3,(H,21,22). The van der Waals surface area contributed by atoms with E-state index in [1.807, 2.05) is 12.1 Å². The molecule has 3 heteroatoms. The number of carbonyl (C=O) groups excluding carboxylic acids is 1. The quantitative estimate of drug-likeness (QED) is 0.887. The first-order valence-corrected chi connectivity index (χ1v) is 8.85. The highest BCUT2D eigenvalue weighted by Gasteiger charge is 2.28. The number of carbonyl (C=O) groups is 1. The van der Waals surface area contributed by atoms with E-state index >= 15 is 0 Å². The first-order chi connectivity index (χ1) is 10.5. The van der Waals surface area contributed by atoms with Gasteiger partial charge in [0.15, 0.2) is 0 Å². The Morgan fingerprint density at radius 2 is 1.95 bits per heavy atom. The zero-order chi connectivity index (χ0) is 16.1. The average Bonchev–Trinajstić information content (AvgIpc) is 2.51. The predicted molar refractivity (Wildman–Crippen MR) is 91.0 cm³/mol. The van der Waals surface area contributed by atoms with Crippen LogP contribution in [-0.2, 0) is 12.8 Å². The Hall–Kier alpha value is -1.38. The molecule has 0 spiro atoms. The summed E-state index contributed by atoms with van der Waals surface area (Å²) in [7, 11) is 0. The summed E-state index contributed by atoms with van der Waals surface area (Å²) < 4.78 is 0. The number of hydrogen-bond acceptors (Lipinski definition) is 2. The van der Waals surface area contributed by atoms with E-state index in [2.05, 4.69) is 38.0 Å². The Bertz CT molecular complexity index is 512. The van der Waals surface area contributed by atoms with E-state index in [1.165, 1.54) is 12.8 Å². The SMILES string of the molecule is CCCc1cc(C(=O)NC2CCCC(C)C2C)cc(CC)n1. The van der Waals surface area contributed by atoms with E-state index in [0.717, 1.165) is 42.6 Å². The van der Waals surface area contributed by atoms with Crippen LogP contribution in [0.25, 0.3) is 0 Å². The summed E-state index contributed by atoms with van der Waals surface area (Å²) in [5.74, 6) is 1.32. The van der Waals surface area contributed by atoms with Gasteiger partial charge in [0.2, 0.25) is 0 Å². The normalized spacial score (nSPS) is 25.0. The Balaban J connectivity index is 2.12. The Morgan fingerprint density at radius 1 is 1.23 bits per heavy atom. The minimum Gasteiger partial charge on any atom is -0.349 e. The maximum atomic E-state index is 12.7. The van der Waals surface area contributed by atoms with E-state index in [4.69, 9.17) is 0 Å². The molecule has 0 aliphatic heterocycles. The summed E-state index contributed by atoms with van der Waals surface area (Å²) in [4.78, 5) is 17.3. The summed E-state index contributed by atoms with van der Waals surface area (Å²) in [5.41, 5.74) is 2.83. The summed E-state index contributed by atoms with van der Waals surface area (Å²) >= 11 is 0. The fourth-order valence-corrected chi connectivity index (χ4v) is 3.38. The molecule has 0 bridgehead atoms. The lowest BCUT2D eigenvalue weighted by molar-refractivity contribution is 0.0890. The van der Waals surface area contributed by atoms with Gasteiger partial charge in [0.05, 0.1) is 0 Å². The van der Waals surface area contributed by atoms with Crippen LogP contribution in [0.2, 0.25) is 0 Å². The van der Waals surface area contributed by atoms with Gasteiger partial charge in [-0.25, -0.2) is 0 Å². The number of hydrogen-bond donors (Lipinski definition) is 1. The zero-order valence-electron chi connectivity index (χ0n) is 14.5. The van der Waals surface area contributed by atoms with Crippen molar-refractivity contribution in [2.75, 3.05) is 0 Å². The molecule has 1 aromatic rings. The second-order valence-electron chi connectivity index (χ2n) is 6.79. The number of nitrogens with one attached hydrogen (secondary N) is 1. The highest BCUT2D eigenvalue weighted by atomic mass is 16.1. The van der Waals surface area contributed by atoms with E-state index in [1.54, 1.807) is 0 Å². The third-order valence-electron chi connectivity index (χ3n) is 5.09. The summed E-state index contributed by atoms with van der Waals surface area (Å²) in [6.45, 7) is 8.79. The lowest BCUT2D eigenvalue weighted by Gasteiger charge is -2.34. The van der Waals surface area contributed by atoms with Crippen molar-refractivity contribution in [3.05, 3.63) is 29.1 Å². The number of nitrogens with zero attached hydrogens (tertiary/aromatic N) is 1. The number of aromatic nitrogens is 1. The fraction of sp³-hybridized carbons (Fsp3) is 0.684. The Labute approximate surface area is 134 Å². The monoisotopic (exact) mass is 302 g/mol. The molecule has 3 nitrogen and oxygen atoms in total. The van der Waals surface area contributed by atoms with Gasteiger partial charge in [0, 0.05) is 23.0 Å². The van der Waals surface area contributed by atoms with Gasteiger partial charge >= 0.3 is 0 Å². The maximum Gasteiger partial charge on any atom is 0.251 e. The van der Waals surface area contributed by atoms with Crippen molar-refractivity contribution in [2.24, 2.45) is 11.8 Å². The molecule has 0 aromatic carbocycles. The molecule has 0 radical (unpaired) electrons. The van der Waals surface area contributed by atoms with Crippen LogP contribution in [0.15, 0.2) is 12.1 Å². The van der Waals surface area contributed by atoms with Crippen LogP contribution < -0.4 is 5.32 Å². The molecule has 1 N–H and O–H groups in total. The van der Waals surface area contributed by atoms with Crippen molar-refractivity contribution in [3.63, 3.8) is 0 Å². The summed E-state index contributed by atoms with van der Waals surface area (Å²) in [5, 5.41) is 3.27. The summed E-state index contributed by atoms with van der Waals surface area (Å²) in [6.07, 6.45) is 6.46. The third kappa shape index (κ3) is 4.08. The topological polar surface area (TPSA) is 42.0 Å². The lowest BCUT2D eigenvalue weighted by Crippen LogP contribution is -2.43. The molecule has 0 saturated heterocycles. The molecule has 1 fully saturated rings. The van der Waals surface area contributed by atoms with E-state index in [9.17, 15) is 4.79 Å². The van der Waals surface area contributed by atoms with Gasteiger partial charge in [-0.05, 0) is 43.2 Å². The van der Waals surface area contributed by atoms with Gasteiger partial charge in [0.25, 0.3) is 5.91 Å². The third-order valence-corrected chi connectivity index (χ3v) is 5.09. The van der Waals surface area contributed by atoms with Crippen molar-refractivity contribution in [2.45, 2.75) is 72.3 Å². The molecule has 1 aromatic heterocycles. The van der Waals surface area contributed by atoms with Crippen LogP contribution in [0.4, 0.5) is 0 Å². The first-order valence-electron chi connectivity index (χ1n) is 8.85. The van der Waals surface area contributed by atoms with Crippen LogP contribution in [0.3, 0.4) is 0 Å². The molecule has 22 heavy (non-hydrogen) atoms. The highest BCUT2D eigenvalue weighted by Crippen LogP contribution is 2.29. The van der Waals surface area contributed by atoms with Crippen molar-refractivity contribution < 1.29 is 4.79 Å². The first kappa shape index (κ1) is 17.0.